The Bertz CT molecular complexity index is 770. The summed E-state index contributed by atoms with van der Waals surface area (Å²) in [6.07, 6.45) is 0.823. The van der Waals surface area contributed by atoms with E-state index < -0.39 is 22.0 Å². The van der Waals surface area contributed by atoms with Crippen LogP contribution in [0.3, 0.4) is 0 Å². The Morgan fingerprint density at radius 2 is 1.67 bits per heavy atom. The van der Waals surface area contributed by atoms with Crippen molar-refractivity contribution >= 4 is 16.0 Å². The van der Waals surface area contributed by atoms with Crippen LogP contribution in [0.5, 0.6) is 0 Å². The van der Waals surface area contributed by atoms with Gasteiger partial charge in [0.1, 0.15) is 6.04 Å². The van der Waals surface area contributed by atoms with Crippen molar-refractivity contribution in [2.45, 2.75) is 31.2 Å². The number of benzene rings is 2. The van der Waals surface area contributed by atoms with Crippen molar-refractivity contribution in [3.8, 4) is 0 Å². The zero-order chi connectivity index (χ0) is 17.6. The average molecular weight is 347 g/mol. The maximum atomic E-state index is 12.6. The normalized spacial score (nSPS) is 12.6. The highest BCUT2D eigenvalue weighted by Crippen LogP contribution is 2.19. The van der Waals surface area contributed by atoms with Crippen molar-refractivity contribution in [2.24, 2.45) is 0 Å². The standard InChI is InChI=1S/C18H21NO4S/c1-3-14-10-12-16(13-11-14)24(21,22)19-17(18(20)23-4-2)15-8-6-5-7-9-15/h5-13,17,19H,3-4H2,1-2H3. The minimum Gasteiger partial charge on any atom is -0.465 e. The van der Waals surface area contributed by atoms with E-state index >= 15 is 0 Å². The smallest absolute Gasteiger partial charge is 0.328 e. The number of carbonyl (C=O) groups excluding carboxylic acids is 1. The van der Waals surface area contributed by atoms with E-state index in [1.54, 1.807) is 49.4 Å². The molecule has 0 spiro atoms. The van der Waals surface area contributed by atoms with E-state index in [-0.39, 0.29) is 11.5 Å². The third-order valence-corrected chi connectivity index (χ3v) is 5.01. The summed E-state index contributed by atoms with van der Waals surface area (Å²) in [6, 6.07) is 14.2. The Labute approximate surface area is 142 Å². The predicted octanol–water partition coefficient (Wildman–Crippen LogP) is 2.83. The van der Waals surface area contributed by atoms with E-state index in [0.29, 0.717) is 5.56 Å². The van der Waals surface area contributed by atoms with Gasteiger partial charge in [0.15, 0.2) is 0 Å². The van der Waals surface area contributed by atoms with Crippen LogP contribution in [0, 0.1) is 0 Å². The van der Waals surface area contributed by atoms with Crippen molar-refractivity contribution in [2.75, 3.05) is 6.61 Å². The van der Waals surface area contributed by atoms with Gasteiger partial charge in [-0.3, -0.25) is 0 Å². The molecule has 0 aliphatic carbocycles. The van der Waals surface area contributed by atoms with Gasteiger partial charge in [0.05, 0.1) is 11.5 Å². The van der Waals surface area contributed by atoms with Gasteiger partial charge in [0, 0.05) is 0 Å². The molecule has 0 aliphatic heterocycles. The van der Waals surface area contributed by atoms with Crippen LogP contribution in [-0.4, -0.2) is 21.0 Å². The Morgan fingerprint density at radius 3 is 2.21 bits per heavy atom. The summed E-state index contributed by atoms with van der Waals surface area (Å²) < 4.78 is 32.7. The van der Waals surface area contributed by atoms with Gasteiger partial charge < -0.3 is 4.74 Å². The first-order valence-corrected chi connectivity index (χ1v) is 9.29. The van der Waals surface area contributed by atoms with Crippen molar-refractivity contribution in [1.82, 2.24) is 4.72 Å². The maximum Gasteiger partial charge on any atom is 0.328 e. The molecule has 0 fully saturated rings. The van der Waals surface area contributed by atoms with Gasteiger partial charge in [0.2, 0.25) is 10.0 Å². The van der Waals surface area contributed by atoms with Crippen molar-refractivity contribution in [3.63, 3.8) is 0 Å². The molecule has 0 aromatic heterocycles. The van der Waals surface area contributed by atoms with Gasteiger partial charge in [0.25, 0.3) is 0 Å². The third kappa shape index (κ3) is 4.43. The van der Waals surface area contributed by atoms with Crippen LogP contribution in [0.1, 0.15) is 31.0 Å². The van der Waals surface area contributed by atoms with E-state index in [1.165, 1.54) is 12.1 Å². The molecule has 0 amide bonds. The molecule has 0 saturated heterocycles. The van der Waals surface area contributed by atoms with Crippen LogP contribution in [0.25, 0.3) is 0 Å². The lowest BCUT2D eigenvalue weighted by molar-refractivity contribution is -0.145. The molecule has 128 valence electrons. The molecule has 0 radical (unpaired) electrons. The summed E-state index contributed by atoms with van der Waals surface area (Å²) in [5.41, 5.74) is 1.57. The highest BCUT2D eigenvalue weighted by molar-refractivity contribution is 7.89. The highest BCUT2D eigenvalue weighted by atomic mass is 32.2. The van der Waals surface area contributed by atoms with Crippen LogP contribution in [0.4, 0.5) is 0 Å². The van der Waals surface area contributed by atoms with Gasteiger partial charge >= 0.3 is 5.97 Å². The largest absolute Gasteiger partial charge is 0.465 e. The summed E-state index contributed by atoms with van der Waals surface area (Å²) >= 11 is 0. The molecule has 5 nitrogen and oxygen atoms in total. The number of esters is 1. The van der Waals surface area contributed by atoms with Crippen molar-refractivity contribution < 1.29 is 17.9 Å². The van der Waals surface area contributed by atoms with E-state index in [0.717, 1.165) is 12.0 Å². The van der Waals surface area contributed by atoms with Crippen LogP contribution in [-0.2, 0) is 26.0 Å². The van der Waals surface area contributed by atoms with E-state index in [2.05, 4.69) is 4.72 Å². The average Bonchev–Trinajstić information content (AvgIpc) is 2.60. The second-order valence-corrected chi connectivity index (χ2v) is 6.93. The highest BCUT2D eigenvalue weighted by Gasteiger charge is 2.28. The number of nitrogens with one attached hydrogen (secondary N) is 1. The maximum absolute atomic E-state index is 12.6. The molecule has 2 aromatic carbocycles. The summed E-state index contributed by atoms with van der Waals surface area (Å²) in [6.45, 7) is 3.85. The number of ether oxygens (including phenoxy) is 1. The van der Waals surface area contributed by atoms with Gasteiger partial charge in [-0.25, -0.2) is 13.2 Å². The van der Waals surface area contributed by atoms with Crippen molar-refractivity contribution in [3.05, 3.63) is 65.7 Å². The molecule has 0 saturated carbocycles. The quantitative estimate of drug-likeness (QED) is 0.782. The fraction of sp³-hybridized carbons (Fsp3) is 0.278. The van der Waals surface area contributed by atoms with Gasteiger partial charge in [-0.2, -0.15) is 4.72 Å². The number of hydrogen-bond acceptors (Lipinski definition) is 4. The number of hydrogen-bond donors (Lipinski definition) is 1. The zero-order valence-electron chi connectivity index (χ0n) is 13.7. The molecule has 1 atom stereocenters. The summed E-state index contributed by atoms with van der Waals surface area (Å²) in [4.78, 5) is 12.3. The molecule has 2 aromatic rings. The summed E-state index contributed by atoms with van der Waals surface area (Å²) in [7, 11) is -3.85. The number of aryl methyl sites for hydroxylation is 1. The first-order valence-electron chi connectivity index (χ1n) is 7.80. The van der Waals surface area contributed by atoms with Crippen molar-refractivity contribution in [1.29, 1.82) is 0 Å². The van der Waals surface area contributed by atoms with Gasteiger partial charge in [-0.05, 0) is 36.6 Å². The zero-order valence-corrected chi connectivity index (χ0v) is 14.5. The molecule has 24 heavy (non-hydrogen) atoms. The second-order valence-electron chi connectivity index (χ2n) is 5.21. The number of sulfonamides is 1. The Balaban J connectivity index is 2.31. The molecule has 2 rings (SSSR count). The fourth-order valence-corrected chi connectivity index (χ4v) is 3.42. The third-order valence-electron chi connectivity index (χ3n) is 3.57. The lowest BCUT2D eigenvalue weighted by atomic mass is 10.1. The monoisotopic (exact) mass is 347 g/mol. The van der Waals surface area contributed by atoms with Gasteiger partial charge in [-0.15, -0.1) is 0 Å². The summed E-state index contributed by atoms with van der Waals surface area (Å²) in [5.74, 6) is -0.627. The van der Waals surface area contributed by atoms with Gasteiger partial charge in [-0.1, -0.05) is 49.4 Å². The summed E-state index contributed by atoms with van der Waals surface area (Å²) in [5, 5.41) is 0. The Kier molecular flexibility index (Phi) is 6.11. The molecule has 0 heterocycles. The van der Waals surface area contributed by atoms with E-state index in [1.807, 2.05) is 6.92 Å². The van der Waals surface area contributed by atoms with Crippen LogP contribution < -0.4 is 4.72 Å². The predicted molar refractivity (Wildman–Crippen MR) is 92.0 cm³/mol. The van der Waals surface area contributed by atoms with Crippen LogP contribution in [0.15, 0.2) is 59.5 Å². The molecule has 0 aliphatic rings. The number of rotatable bonds is 7. The molecule has 6 heteroatoms. The minimum absolute atomic E-state index is 0.116. The fourth-order valence-electron chi connectivity index (χ4n) is 2.25. The molecular formula is C18H21NO4S. The van der Waals surface area contributed by atoms with E-state index in [4.69, 9.17) is 4.74 Å². The molecule has 0 bridgehead atoms. The lowest BCUT2D eigenvalue weighted by Gasteiger charge is -2.18. The minimum atomic E-state index is -3.85. The Hall–Kier alpha value is -2.18. The number of carbonyl (C=O) groups is 1. The lowest BCUT2D eigenvalue weighted by Crippen LogP contribution is -2.35. The second kappa shape index (κ2) is 8.08. The molecule has 1 N–H and O–H groups in total. The molecule has 1 unspecified atom stereocenters. The first kappa shape index (κ1) is 18.2. The van der Waals surface area contributed by atoms with Crippen LogP contribution >= 0.6 is 0 Å². The van der Waals surface area contributed by atoms with E-state index in [9.17, 15) is 13.2 Å². The first-order chi connectivity index (χ1) is 11.5. The SMILES string of the molecule is CCOC(=O)C(NS(=O)(=O)c1ccc(CC)cc1)c1ccccc1. The topological polar surface area (TPSA) is 72.5 Å². The van der Waals surface area contributed by atoms with Crippen LogP contribution in [0.2, 0.25) is 0 Å². The molecular weight excluding hydrogens is 326 g/mol. The Morgan fingerprint density at radius 1 is 1.04 bits per heavy atom.